The van der Waals surface area contributed by atoms with Crippen molar-refractivity contribution >= 4 is 0 Å². The monoisotopic (exact) mass is 201 g/mol. The van der Waals surface area contributed by atoms with Crippen molar-refractivity contribution in [2.75, 3.05) is 0 Å². The number of ether oxygens (including phenoxy) is 1. The molecule has 0 atom stereocenters. The van der Waals surface area contributed by atoms with E-state index in [1.807, 2.05) is 31.2 Å². The van der Waals surface area contributed by atoms with Crippen LogP contribution in [-0.2, 0) is 0 Å². The van der Waals surface area contributed by atoms with Crippen LogP contribution < -0.4 is 10.3 Å². The highest BCUT2D eigenvalue weighted by Gasteiger charge is 1.96. The molecule has 2 rings (SSSR count). The fourth-order valence-electron chi connectivity index (χ4n) is 1.27. The molecule has 2 aromatic rings. The Morgan fingerprint density at radius 2 is 2.00 bits per heavy atom. The summed E-state index contributed by atoms with van der Waals surface area (Å²) in [5, 5.41) is 0. The number of aryl methyl sites for hydroxylation is 1. The maximum absolute atomic E-state index is 10.8. The molecule has 0 aliphatic carbocycles. The molecule has 1 N–H and O–H groups in total. The van der Waals surface area contributed by atoms with Gasteiger partial charge >= 0.3 is 0 Å². The van der Waals surface area contributed by atoms with Crippen LogP contribution in [-0.4, -0.2) is 4.98 Å². The van der Waals surface area contributed by atoms with Gasteiger partial charge in [0.1, 0.15) is 11.5 Å². The zero-order valence-electron chi connectivity index (χ0n) is 8.36. The standard InChI is InChI=1S/C12H11NO2/c1-9-3-2-4-10(7-9)15-11-5-6-12(14)13-8-11/h2-8H,1H3,(H,13,14). The van der Waals surface area contributed by atoms with Crippen LogP contribution in [0.1, 0.15) is 5.56 Å². The number of benzene rings is 1. The van der Waals surface area contributed by atoms with Gasteiger partial charge in [-0.3, -0.25) is 4.79 Å². The number of H-pyrrole nitrogens is 1. The van der Waals surface area contributed by atoms with Crippen LogP contribution in [0.2, 0.25) is 0 Å². The second-order valence-corrected chi connectivity index (χ2v) is 3.31. The number of hydrogen-bond acceptors (Lipinski definition) is 2. The van der Waals surface area contributed by atoms with Crippen molar-refractivity contribution in [2.45, 2.75) is 6.92 Å². The van der Waals surface area contributed by atoms with Crippen LogP contribution in [0.15, 0.2) is 47.4 Å². The molecule has 0 bridgehead atoms. The van der Waals surface area contributed by atoms with Crippen molar-refractivity contribution in [2.24, 2.45) is 0 Å². The fraction of sp³-hybridized carbons (Fsp3) is 0.0833. The highest BCUT2D eigenvalue weighted by Crippen LogP contribution is 2.19. The molecular weight excluding hydrogens is 190 g/mol. The summed E-state index contributed by atoms with van der Waals surface area (Å²) in [6, 6.07) is 10.8. The van der Waals surface area contributed by atoms with Gasteiger partial charge in [0.25, 0.3) is 0 Å². The summed E-state index contributed by atoms with van der Waals surface area (Å²) < 4.78 is 5.54. The average molecular weight is 201 g/mol. The molecule has 3 nitrogen and oxygen atoms in total. The van der Waals surface area contributed by atoms with Crippen LogP contribution in [0.25, 0.3) is 0 Å². The van der Waals surface area contributed by atoms with Crippen LogP contribution >= 0.6 is 0 Å². The van der Waals surface area contributed by atoms with Crippen molar-refractivity contribution in [3.05, 3.63) is 58.5 Å². The summed E-state index contributed by atoms with van der Waals surface area (Å²) in [4.78, 5) is 13.4. The Kier molecular flexibility index (Phi) is 2.54. The highest BCUT2D eigenvalue weighted by atomic mass is 16.5. The number of aromatic amines is 1. The van der Waals surface area contributed by atoms with E-state index in [2.05, 4.69) is 4.98 Å². The molecular formula is C12H11NO2. The molecule has 0 saturated heterocycles. The second kappa shape index (κ2) is 4.00. The van der Waals surface area contributed by atoms with Gasteiger partial charge in [-0.05, 0) is 30.7 Å². The van der Waals surface area contributed by atoms with E-state index < -0.39 is 0 Å². The smallest absolute Gasteiger partial charge is 0.248 e. The van der Waals surface area contributed by atoms with Crippen molar-refractivity contribution in [1.82, 2.24) is 4.98 Å². The van der Waals surface area contributed by atoms with Crippen molar-refractivity contribution in [3.8, 4) is 11.5 Å². The maximum atomic E-state index is 10.8. The Labute approximate surface area is 87.3 Å². The first kappa shape index (κ1) is 9.52. The quantitative estimate of drug-likeness (QED) is 0.811. The summed E-state index contributed by atoms with van der Waals surface area (Å²) in [6.45, 7) is 2.00. The van der Waals surface area contributed by atoms with E-state index >= 15 is 0 Å². The first-order valence-electron chi connectivity index (χ1n) is 4.67. The first-order valence-corrected chi connectivity index (χ1v) is 4.67. The molecule has 0 aliphatic heterocycles. The molecule has 1 aromatic heterocycles. The Hall–Kier alpha value is -2.03. The maximum Gasteiger partial charge on any atom is 0.248 e. The molecule has 76 valence electrons. The minimum Gasteiger partial charge on any atom is -0.456 e. The largest absolute Gasteiger partial charge is 0.456 e. The normalized spacial score (nSPS) is 9.93. The third-order valence-electron chi connectivity index (χ3n) is 1.98. The van der Waals surface area contributed by atoms with Gasteiger partial charge in [0.2, 0.25) is 5.56 Å². The van der Waals surface area contributed by atoms with Crippen LogP contribution in [0.4, 0.5) is 0 Å². The third-order valence-corrected chi connectivity index (χ3v) is 1.98. The van der Waals surface area contributed by atoms with Crippen molar-refractivity contribution < 1.29 is 4.74 Å². The SMILES string of the molecule is Cc1cccc(Oc2ccc(=O)[nH]c2)c1. The zero-order chi connectivity index (χ0) is 10.7. The Bertz CT molecular complexity index is 497. The highest BCUT2D eigenvalue weighted by molar-refractivity contribution is 5.32. The molecule has 0 spiro atoms. The van der Waals surface area contributed by atoms with Gasteiger partial charge in [0.05, 0.1) is 0 Å². The van der Waals surface area contributed by atoms with Gasteiger partial charge in [-0.15, -0.1) is 0 Å². The van der Waals surface area contributed by atoms with Gasteiger partial charge < -0.3 is 9.72 Å². The van der Waals surface area contributed by atoms with E-state index in [0.717, 1.165) is 11.3 Å². The number of pyridine rings is 1. The van der Waals surface area contributed by atoms with Gasteiger partial charge in [-0.25, -0.2) is 0 Å². The van der Waals surface area contributed by atoms with E-state index in [-0.39, 0.29) is 5.56 Å². The molecule has 0 fully saturated rings. The van der Waals surface area contributed by atoms with Crippen LogP contribution in [0, 0.1) is 6.92 Å². The number of rotatable bonds is 2. The lowest BCUT2D eigenvalue weighted by Crippen LogP contribution is -2.01. The number of aromatic nitrogens is 1. The van der Waals surface area contributed by atoms with Gasteiger partial charge in [0, 0.05) is 12.3 Å². The van der Waals surface area contributed by atoms with E-state index in [1.165, 1.54) is 6.07 Å². The number of hydrogen-bond donors (Lipinski definition) is 1. The molecule has 0 unspecified atom stereocenters. The lowest BCUT2D eigenvalue weighted by atomic mass is 10.2. The number of nitrogens with one attached hydrogen (secondary N) is 1. The molecule has 0 saturated carbocycles. The third kappa shape index (κ3) is 2.47. The summed E-state index contributed by atoms with van der Waals surface area (Å²) >= 11 is 0. The van der Waals surface area contributed by atoms with Gasteiger partial charge in [0.15, 0.2) is 0 Å². The Morgan fingerprint density at radius 3 is 2.67 bits per heavy atom. The Balaban J connectivity index is 2.22. The average Bonchev–Trinajstić information content (AvgIpc) is 2.22. The lowest BCUT2D eigenvalue weighted by molar-refractivity contribution is 0.479. The van der Waals surface area contributed by atoms with Crippen molar-refractivity contribution in [3.63, 3.8) is 0 Å². The minimum absolute atomic E-state index is 0.133. The molecule has 0 radical (unpaired) electrons. The van der Waals surface area contributed by atoms with Gasteiger partial charge in [-0.2, -0.15) is 0 Å². The van der Waals surface area contributed by atoms with E-state index in [0.29, 0.717) is 5.75 Å². The summed E-state index contributed by atoms with van der Waals surface area (Å²) in [5.41, 5.74) is 1.00. The minimum atomic E-state index is -0.133. The molecule has 0 amide bonds. The predicted molar refractivity (Wildman–Crippen MR) is 58.3 cm³/mol. The summed E-state index contributed by atoms with van der Waals surface area (Å²) in [6.07, 6.45) is 1.55. The first-order chi connectivity index (χ1) is 7.24. The molecule has 0 aliphatic rings. The van der Waals surface area contributed by atoms with Crippen molar-refractivity contribution in [1.29, 1.82) is 0 Å². The molecule has 15 heavy (non-hydrogen) atoms. The topological polar surface area (TPSA) is 42.1 Å². The lowest BCUT2D eigenvalue weighted by Gasteiger charge is -2.05. The Morgan fingerprint density at radius 1 is 1.13 bits per heavy atom. The van der Waals surface area contributed by atoms with Crippen LogP contribution in [0.5, 0.6) is 11.5 Å². The van der Waals surface area contributed by atoms with Crippen LogP contribution in [0.3, 0.4) is 0 Å². The van der Waals surface area contributed by atoms with E-state index in [9.17, 15) is 4.79 Å². The molecule has 1 heterocycles. The second-order valence-electron chi connectivity index (χ2n) is 3.31. The summed E-state index contributed by atoms with van der Waals surface area (Å²) in [5.74, 6) is 1.39. The van der Waals surface area contributed by atoms with E-state index in [1.54, 1.807) is 12.3 Å². The molecule has 1 aromatic carbocycles. The fourth-order valence-corrected chi connectivity index (χ4v) is 1.27. The zero-order valence-corrected chi connectivity index (χ0v) is 8.36. The predicted octanol–water partition coefficient (Wildman–Crippen LogP) is 2.48. The molecule has 3 heteroatoms. The van der Waals surface area contributed by atoms with E-state index in [4.69, 9.17) is 4.74 Å². The summed E-state index contributed by atoms with van der Waals surface area (Å²) in [7, 11) is 0. The van der Waals surface area contributed by atoms with Gasteiger partial charge in [-0.1, -0.05) is 12.1 Å².